The van der Waals surface area contributed by atoms with Crippen molar-refractivity contribution in [1.82, 2.24) is 10.2 Å². The van der Waals surface area contributed by atoms with E-state index in [1.54, 1.807) is 37.3 Å². The molecule has 0 fully saturated rings. The second kappa shape index (κ2) is 5.57. The zero-order chi connectivity index (χ0) is 15.6. The Hall–Kier alpha value is -2.35. The molecule has 0 unspecified atom stereocenters. The third-order valence-electron chi connectivity index (χ3n) is 2.97. The van der Waals surface area contributed by atoms with Gasteiger partial charge in [0, 0.05) is 6.54 Å². The minimum absolute atomic E-state index is 0.177. The highest BCUT2D eigenvalue weighted by atomic mass is 32.2. The van der Waals surface area contributed by atoms with Crippen molar-refractivity contribution < 1.29 is 18.3 Å². The fraction of sp³-hybridized carbons (Fsp3) is 0.231. The van der Waals surface area contributed by atoms with Gasteiger partial charge in [-0.3, -0.25) is 9.40 Å². The van der Waals surface area contributed by atoms with Crippen LogP contribution in [0.4, 0.5) is 5.69 Å². The molecule has 0 saturated heterocycles. The second-order valence-electron chi connectivity index (χ2n) is 4.34. The van der Waals surface area contributed by atoms with Crippen molar-refractivity contribution in [2.75, 3.05) is 10.8 Å². The summed E-state index contributed by atoms with van der Waals surface area (Å²) in [5.41, 5.74) is 0.167. The molecular weight excluding hydrogens is 294 g/mol. The summed E-state index contributed by atoms with van der Waals surface area (Å²) in [6.07, 6.45) is 0. The van der Waals surface area contributed by atoms with E-state index in [1.165, 1.54) is 6.92 Å². The van der Waals surface area contributed by atoms with Crippen molar-refractivity contribution in [2.24, 2.45) is 0 Å². The summed E-state index contributed by atoms with van der Waals surface area (Å²) in [6, 6.07) is 8.51. The number of nitrogens with zero attached hydrogens (tertiary/aromatic N) is 2. The molecule has 0 amide bonds. The molecule has 112 valence electrons. The molecule has 21 heavy (non-hydrogen) atoms. The van der Waals surface area contributed by atoms with Crippen LogP contribution >= 0.6 is 0 Å². The standard InChI is InChI=1S/C13H15N3O4S/c1-3-16(10-7-5-4-6-8-10)21(19,20)12-9(2)14-15-11(12)13(17)18/h4-8H,3H2,1-2H3,(H,14,15)(H,17,18). The zero-order valence-corrected chi connectivity index (χ0v) is 12.4. The first-order valence-corrected chi connectivity index (χ1v) is 7.69. The number of nitrogens with one attached hydrogen (secondary N) is 1. The van der Waals surface area contributed by atoms with Gasteiger partial charge in [0.2, 0.25) is 0 Å². The fourth-order valence-corrected chi connectivity index (χ4v) is 3.84. The SMILES string of the molecule is CCN(c1ccccc1)S(=O)(=O)c1c(C(=O)O)n[nH]c1C. The molecule has 0 spiro atoms. The van der Waals surface area contributed by atoms with Crippen LogP contribution in [0.1, 0.15) is 23.1 Å². The number of aromatic nitrogens is 2. The van der Waals surface area contributed by atoms with Crippen LogP contribution < -0.4 is 4.31 Å². The average molecular weight is 309 g/mol. The van der Waals surface area contributed by atoms with Gasteiger partial charge in [0.25, 0.3) is 10.0 Å². The van der Waals surface area contributed by atoms with Gasteiger partial charge in [-0.05, 0) is 26.0 Å². The Morgan fingerprint density at radius 1 is 1.33 bits per heavy atom. The largest absolute Gasteiger partial charge is 0.476 e. The van der Waals surface area contributed by atoms with Crippen molar-refractivity contribution in [3.63, 3.8) is 0 Å². The fourth-order valence-electron chi connectivity index (χ4n) is 2.08. The number of benzene rings is 1. The van der Waals surface area contributed by atoms with E-state index < -0.39 is 21.7 Å². The highest BCUT2D eigenvalue weighted by molar-refractivity contribution is 7.93. The van der Waals surface area contributed by atoms with Gasteiger partial charge >= 0.3 is 5.97 Å². The number of carbonyl (C=O) groups is 1. The number of carboxylic acids is 1. The molecule has 8 heteroatoms. The Kier molecular flexibility index (Phi) is 3.99. The summed E-state index contributed by atoms with van der Waals surface area (Å²) in [5.74, 6) is -1.39. The van der Waals surface area contributed by atoms with E-state index in [0.717, 1.165) is 4.31 Å². The molecule has 0 atom stereocenters. The van der Waals surface area contributed by atoms with Gasteiger partial charge in [-0.2, -0.15) is 5.10 Å². The maximum Gasteiger partial charge on any atom is 0.357 e. The van der Waals surface area contributed by atoms with E-state index >= 15 is 0 Å². The van der Waals surface area contributed by atoms with Crippen LogP contribution in [-0.4, -0.2) is 36.2 Å². The van der Waals surface area contributed by atoms with Gasteiger partial charge in [0.05, 0.1) is 11.4 Å². The number of hydrogen-bond donors (Lipinski definition) is 2. The van der Waals surface area contributed by atoms with E-state index in [9.17, 15) is 13.2 Å². The summed E-state index contributed by atoms with van der Waals surface area (Å²) in [5, 5.41) is 15.1. The number of aryl methyl sites for hydroxylation is 1. The predicted molar refractivity (Wildman–Crippen MR) is 76.9 cm³/mol. The third kappa shape index (κ3) is 2.62. The number of anilines is 1. The average Bonchev–Trinajstić information content (AvgIpc) is 2.83. The minimum Gasteiger partial charge on any atom is -0.476 e. The van der Waals surface area contributed by atoms with Crippen molar-refractivity contribution in [2.45, 2.75) is 18.7 Å². The zero-order valence-electron chi connectivity index (χ0n) is 11.6. The number of H-pyrrole nitrogens is 1. The van der Waals surface area contributed by atoms with E-state index in [4.69, 9.17) is 5.11 Å². The van der Waals surface area contributed by atoms with Crippen LogP contribution in [0, 0.1) is 6.92 Å². The van der Waals surface area contributed by atoms with Gasteiger partial charge in [0.15, 0.2) is 5.69 Å². The number of hydrogen-bond acceptors (Lipinski definition) is 4. The summed E-state index contributed by atoms with van der Waals surface area (Å²) >= 11 is 0. The molecule has 1 heterocycles. The lowest BCUT2D eigenvalue weighted by Crippen LogP contribution is -2.32. The minimum atomic E-state index is -4.01. The Morgan fingerprint density at radius 3 is 2.48 bits per heavy atom. The smallest absolute Gasteiger partial charge is 0.357 e. The molecule has 0 saturated carbocycles. The molecule has 2 aromatic rings. The third-order valence-corrected chi connectivity index (χ3v) is 5.04. The molecule has 1 aromatic carbocycles. The molecule has 0 bridgehead atoms. The van der Waals surface area contributed by atoms with Crippen molar-refractivity contribution in [3.8, 4) is 0 Å². The predicted octanol–water partition coefficient (Wildman–Crippen LogP) is 1.63. The van der Waals surface area contributed by atoms with E-state index in [2.05, 4.69) is 10.2 Å². The van der Waals surface area contributed by atoms with Gasteiger partial charge in [-0.1, -0.05) is 18.2 Å². The molecule has 2 N–H and O–H groups in total. The molecule has 0 aliphatic carbocycles. The maximum absolute atomic E-state index is 12.8. The maximum atomic E-state index is 12.8. The monoisotopic (exact) mass is 309 g/mol. The first-order chi connectivity index (χ1) is 9.89. The molecule has 0 aliphatic heterocycles. The van der Waals surface area contributed by atoms with E-state index in [-0.39, 0.29) is 17.1 Å². The van der Waals surface area contributed by atoms with Crippen LogP contribution in [0.5, 0.6) is 0 Å². The first kappa shape index (κ1) is 15.0. The topological polar surface area (TPSA) is 103 Å². The van der Waals surface area contributed by atoms with Crippen molar-refractivity contribution in [3.05, 3.63) is 41.7 Å². The number of carboxylic acid groups (broad SMARTS) is 1. The number of aromatic amines is 1. The van der Waals surface area contributed by atoms with Gasteiger partial charge in [-0.25, -0.2) is 13.2 Å². The molecule has 2 rings (SSSR count). The first-order valence-electron chi connectivity index (χ1n) is 6.25. The van der Waals surface area contributed by atoms with Crippen molar-refractivity contribution >= 4 is 21.7 Å². The number of rotatable bonds is 5. The van der Waals surface area contributed by atoms with E-state index in [1.807, 2.05) is 0 Å². The lowest BCUT2D eigenvalue weighted by Gasteiger charge is -2.22. The lowest BCUT2D eigenvalue weighted by molar-refractivity contribution is 0.0686. The Bertz CT molecular complexity index is 753. The van der Waals surface area contributed by atoms with Crippen LogP contribution in [0.25, 0.3) is 0 Å². The van der Waals surface area contributed by atoms with Crippen molar-refractivity contribution in [1.29, 1.82) is 0 Å². The molecule has 7 nitrogen and oxygen atoms in total. The lowest BCUT2D eigenvalue weighted by atomic mass is 10.3. The quantitative estimate of drug-likeness (QED) is 0.873. The Labute approximate surface area is 122 Å². The summed E-state index contributed by atoms with van der Waals surface area (Å²) in [7, 11) is -4.01. The van der Waals surface area contributed by atoms with Gasteiger partial charge in [-0.15, -0.1) is 0 Å². The van der Waals surface area contributed by atoms with E-state index in [0.29, 0.717) is 5.69 Å². The number of sulfonamides is 1. The van der Waals surface area contributed by atoms with Crippen LogP contribution in [0.2, 0.25) is 0 Å². The summed E-state index contributed by atoms with van der Waals surface area (Å²) in [6.45, 7) is 3.33. The number of para-hydroxylation sites is 1. The normalized spacial score (nSPS) is 11.3. The highest BCUT2D eigenvalue weighted by Gasteiger charge is 2.32. The van der Waals surface area contributed by atoms with Crippen LogP contribution in [-0.2, 0) is 10.0 Å². The Balaban J connectivity index is 2.61. The van der Waals surface area contributed by atoms with Crippen LogP contribution in [0.3, 0.4) is 0 Å². The second-order valence-corrected chi connectivity index (χ2v) is 6.14. The molecule has 1 aromatic heterocycles. The summed E-state index contributed by atoms with van der Waals surface area (Å²) in [4.78, 5) is 10.9. The summed E-state index contributed by atoms with van der Waals surface area (Å²) < 4.78 is 26.7. The number of aromatic carboxylic acids is 1. The molecule has 0 radical (unpaired) electrons. The molecular formula is C13H15N3O4S. The highest BCUT2D eigenvalue weighted by Crippen LogP contribution is 2.26. The van der Waals surface area contributed by atoms with Gasteiger partial charge in [0.1, 0.15) is 4.90 Å². The Morgan fingerprint density at radius 2 is 1.95 bits per heavy atom. The van der Waals surface area contributed by atoms with Crippen LogP contribution in [0.15, 0.2) is 35.2 Å². The molecule has 0 aliphatic rings. The van der Waals surface area contributed by atoms with Gasteiger partial charge < -0.3 is 5.11 Å².